The number of aliphatic hydroxyl groups excluding tert-OH is 1. The van der Waals surface area contributed by atoms with Crippen molar-refractivity contribution < 1.29 is 5.11 Å². The molecule has 2 aliphatic rings. The van der Waals surface area contributed by atoms with E-state index in [-0.39, 0.29) is 0 Å². The van der Waals surface area contributed by atoms with Crippen molar-refractivity contribution in [1.29, 1.82) is 0 Å². The van der Waals surface area contributed by atoms with E-state index in [0.717, 1.165) is 36.8 Å². The molecule has 0 unspecified atom stereocenters. The van der Waals surface area contributed by atoms with Crippen LogP contribution in [0.1, 0.15) is 55.4 Å². The summed E-state index contributed by atoms with van der Waals surface area (Å²) in [5.41, 5.74) is 3.66. The zero-order valence-corrected chi connectivity index (χ0v) is 14.8. The standard InChI is InChI=1S/C20H26N4O/c1-14(25)15-6-7-17-13-24(11-9-16(17)12-15)19-8-10-21-20(23-19)22-18-4-2-3-5-18/h6-8,10,12,14,18,25H,2-5,9,11,13H2,1H3,(H,21,22,23)/t14-/m1/s1. The summed E-state index contributed by atoms with van der Waals surface area (Å²) in [6.45, 7) is 3.61. The van der Waals surface area contributed by atoms with Crippen LogP contribution in [0.4, 0.5) is 11.8 Å². The predicted molar refractivity (Wildman–Crippen MR) is 99.7 cm³/mol. The van der Waals surface area contributed by atoms with E-state index in [0.29, 0.717) is 6.04 Å². The fraction of sp³-hybridized carbons (Fsp3) is 0.500. The van der Waals surface area contributed by atoms with Gasteiger partial charge >= 0.3 is 0 Å². The molecule has 25 heavy (non-hydrogen) atoms. The average molecular weight is 338 g/mol. The molecule has 5 nitrogen and oxygen atoms in total. The van der Waals surface area contributed by atoms with Gasteiger partial charge in [-0.1, -0.05) is 31.0 Å². The third-order valence-corrected chi connectivity index (χ3v) is 5.38. The number of fused-ring (bicyclic) bond motifs is 1. The zero-order chi connectivity index (χ0) is 17.2. The molecule has 5 heteroatoms. The minimum atomic E-state index is -0.408. The van der Waals surface area contributed by atoms with E-state index in [1.807, 2.05) is 25.3 Å². The van der Waals surface area contributed by atoms with Gasteiger partial charge in [0.1, 0.15) is 5.82 Å². The first-order valence-electron chi connectivity index (χ1n) is 9.33. The van der Waals surface area contributed by atoms with Gasteiger partial charge in [-0.3, -0.25) is 0 Å². The summed E-state index contributed by atoms with van der Waals surface area (Å²) in [5, 5.41) is 13.3. The SMILES string of the molecule is C[C@@H](O)c1ccc2c(c1)CCN(c1ccnc(NC3CCCC3)n1)C2. The molecule has 1 aromatic carbocycles. The van der Waals surface area contributed by atoms with E-state index >= 15 is 0 Å². The number of benzene rings is 1. The van der Waals surface area contributed by atoms with Crippen LogP contribution in [0, 0.1) is 0 Å². The average Bonchev–Trinajstić information content (AvgIpc) is 3.14. The lowest BCUT2D eigenvalue weighted by Gasteiger charge is -2.30. The van der Waals surface area contributed by atoms with E-state index in [4.69, 9.17) is 4.98 Å². The van der Waals surface area contributed by atoms with E-state index in [1.54, 1.807) is 0 Å². The van der Waals surface area contributed by atoms with Crippen LogP contribution in [0.2, 0.25) is 0 Å². The zero-order valence-electron chi connectivity index (χ0n) is 14.8. The molecule has 0 radical (unpaired) electrons. The quantitative estimate of drug-likeness (QED) is 0.894. The first-order chi connectivity index (χ1) is 12.2. The maximum absolute atomic E-state index is 9.77. The Kier molecular flexibility index (Phi) is 4.57. The summed E-state index contributed by atoms with van der Waals surface area (Å²) in [6.07, 6.45) is 7.46. The fourth-order valence-corrected chi connectivity index (χ4v) is 3.88. The number of aliphatic hydroxyl groups is 1. The van der Waals surface area contributed by atoms with Crippen molar-refractivity contribution in [3.05, 3.63) is 47.2 Å². The maximum Gasteiger partial charge on any atom is 0.224 e. The number of nitrogens with one attached hydrogen (secondary N) is 1. The molecule has 1 aliphatic heterocycles. The summed E-state index contributed by atoms with van der Waals surface area (Å²) in [7, 11) is 0. The second-order valence-corrected chi connectivity index (χ2v) is 7.24. The molecule has 0 bridgehead atoms. The molecular formula is C20H26N4O. The number of hydrogen-bond acceptors (Lipinski definition) is 5. The largest absolute Gasteiger partial charge is 0.389 e. The molecule has 0 amide bonds. The fourth-order valence-electron chi connectivity index (χ4n) is 3.88. The molecular weight excluding hydrogens is 312 g/mol. The lowest BCUT2D eigenvalue weighted by atomic mass is 9.96. The smallest absolute Gasteiger partial charge is 0.224 e. The van der Waals surface area contributed by atoms with Crippen LogP contribution in [0.25, 0.3) is 0 Å². The Hall–Kier alpha value is -2.14. The highest BCUT2D eigenvalue weighted by Crippen LogP contribution is 2.27. The highest BCUT2D eigenvalue weighted by molar-refractivity contribution is 5.47. The van der Waals surface area contributed by atoms with E-state index < -0.39 is 6.10 Å². The first-order valence-corrected chi connectivity index (χ1v) is 9.33. The van der Waals surface area contributed by atoms with Crippen molar-refractivity contribution in [1.82, 2.24) is 9.97 Å². The first kappa shape index (κ1) is 16.3. The molecule has 1 fully saturated rings. The van der Waals surface area contributed by atoms with Gasteiger partial charge in [-0.05, 0) is 48.9 Å². The Bertz CT molecular complexity index is 740. The van der Waals surface area contributed by atoms with Crippen LogP contribution >= 0.6 is 0 Å². The Morgan fingerprint density at radius 3 is 2.84 bits per heavy atom. The minimum Gasteiger partial charge on any atom is -0.389 e. The van der Waals surface area contributed by atoms with Gasteiger partial charge < -0.3 is 15.3 Å². The summed E-state index contributed by atoms with van der Waals surface area (Å²) < 4.78 is 0. The monoisotopic (exact) mass is 338 g/mol. The van der Waals surface area contributed by atoms with Gasteiger partial charge in [-0.15, -0.1) is 0 Å². The van der Waals surface area contributed by atoms with Crippen molar-refractivity contribution >= 4 is 11.8 Å². The Morgan fingerprint density at radius 2 is 2.04 bits per heavy atom. The highest BCUT2D eigenvalue weighted by atomic mass is 16.3. The molecule has 132 valence electrons. The highest BCUT2D eigenvalue weighted by Gasteiger charge is 2.20. The van der Waals surface area contributed by atoms with Gasteiger partial charge in [-0.2, -0.15) is 4.98 Å². The number of aromatic nitrogens is 2. The van der Waals surface area contributed by atoms with Gasteiger partial charge in [0.05, 0.1) is 6.10 Å². The molecule has 1 aromatic heterocycles. The molecule has 2 N–H and O–H groups in total. The van der Waals surface area contributed by atoms with Crippen molar-refractivity contribution in [2.75, 3.05) is 16.8 Å². The maximum atomic E-state index is 9.77. The molecule has 2 heterocycles. The number of rotatable bonds is 4. The molecule has 1 aliphatic carbocycles. The third kappa shape index (κ3) is 3.61. The van der Waals surface area contributed by atoms with E-state index in [9.17, 15) is 5.11 Å². The van der Waals surface area contributed by atoms with Crippen LogP contribution in [0.5, 0.6) is 0 Å². The summed E-state index contributed by atoms with van der Waals surface area (Å²) in [5.74, 6) is 1.74. The molecule has 0 saturated heterocycles. The van der Waals surface area contributed by atoms with Crippen LogP contribution in [0.15, 0.2) is 30.5 Å². The van der Waals surface area contributed by atoms with Crippen molar-refractivity contribution in [2.24, 2.45) is 0 Å². The number of hydrogen-bond donors (Lipinski definition) is 2. The summed E-state index contributed by atoms with van der Waals surface area (Å²) in [4.78, 5) is 11.5. The topological polar surface area (TPSA) is 61.3 Å². The lowest BCUT2D eigenvalue weighted by Crippen LogP contribution is -2.31. The van der Waals surface area contributed by atoms with Gasteiger partial charge in [0.25, 0.3) is 0 Å². The van der Waals surface area contributed by atoms with Crippen LogP contribution in [-0.4, -0.2) is 27.7 Å². The van der Waals surface area contributed by atoms with Crippen molar-refractivity contribution in [3.8, 4) is 0 Å². The lowest BCUT2D eigenvalue weighted by molar-refractivity contribution is 0.199. The van der Waals surface area contributed by atoms with Crippen LogP contribution < -0.4 is 10.2 Å². The molecule has 4 rings (SSSR count). The molecule has 2 aromatic rings. The van der Waals surface area contributed by atoms with Gasteiger partial charge in [0, 0.05) is 25.3 Å². The summed E-state index contributed by atoms with van der Waals surface area (Å²) >= 11 is 0. The van der Waals surface area contributed by atoms with Gasteiger partial charge in [-0.25, -0.2) is 4.98 Å². The Balaban J connectivity index is 1.49. The molecule has 0 spiro atoms. The van der Waals surface area contributed by atoms with Gasteiger partial charge in [0.15, 0.2) is 0 Å². The molecule has 1 saturated carbocycles. The van der Waals surface area contributed by atoms with Gasteiger partial charge in [0.2, 0.25) is 5.95 Å². The van der Waals surface area contributed by atoms with E-state index in [2.05, 4.69) is 27.3 Å². The van der Waals surface area contributed by atoms with E-state index in [1.165, 1.54) is 36.8 Å². The van der Waals surface area contributed by atoms with Crippen molar-refractivity contribution in [3.63, 3.8) is 0 Å². The number of nitrogens with zero attached hydrogens (tertiary/aromatic N) is 3. The Morgan fingerprint density at radius 1 is 1.20 bits per heavy atom. The number of anilines is 2. The second-order valence-electron chi connectivity index (χ2n) is 7.24. The van der Waals surface area contributed by atoms with Crippen LogP contribution in [-0.2, 0) is 13.0 Å². The molecule has 1 atom stereocenters. The minimum absolute atomic E-state index is 0.408. The normalized spacial score (nSPS) is 18.9. The van der Waals surface area contributed by atoms with Crippen molar-refractivity contribution in [2.45, 2.75) is 57.7 Å². The Labute approximate surface area is 149 Å². The predicted octanol–water partition coefficient (Wildman–Crippen LogP) is 3.45. The second kappa shape index (κ2) is 7.00. The van der Waals surface area contributed by atoms with Crippen LogP contribution in [0.3, 0.4) is 0 Å². The summed E-state index contributed by atoms with van der Waals surface area (Å²) in [6, 6.07) is 8.83. The third-order valence-electron chi connectivity index (χ3n) is 5.38.